The number of hydrogen-bond donors (Lipinski definition) is 2. The average Bonchev–Trinajstić information content (AvgIpc) is 2.26. The highest BCUT2D eigenvalue weighted by Gasteiger charge is 2.24. The van der Waals surface area contributed by atoms with Gasteiger partial charge in [-0.1, -0.05) is 12.1 Å². The first-order valence-electron chi connectivity index (χ1n) is 5.89. The van der Waals surface area contributed by atoms with E-state index in [9.17, 15) is 5.11 Å². The zero-order chi connectivity index (χ0) is 11.7. The number of fused-ring (bicyclic) bond motifs is 1. The molecule has 2 rings (SSSR count). The summed E-state index contributed by atoms with van der Waals surface area (Å²) in [5.41, 5.74) is 3.31. The third-order valence-electron chi connectivity index (χ3n) is 3.07. The van der Waals surface area contributed by atoms with Crippen LogP contribution in [0.5, 0.6) is 0 Å². The Morgan fingerprint density at radius 3 is 2.88 bits per heavy atom. The largest absolute Gasteiger partial charge is 0.392 e. The molecule has 1 aromatic carbocycles. The van der Waals surface area contributed by atoms with Crippen molar-refractivity contribution in [2.45, 2.75) is 39.5 Å². The van der Waals surface area contributed by atoms with Crippen molar-refractivity contribution < 1.29 is 5.11 Å². The van der Waals surface area contributed by atoms with Crippen molar-refractivity contribution in [3.63, 3.8) is 0 Å². The Kier molecular flexibility index (Phi) is 3.06. The molecule has 88 valence electrons. The van der Waals surface area contributed by atoms with Gasteiger partial charge in [0.1, 0.15) is 0 Å². The maximum absolute atomic E-state index is 9.40. The van der Waals surface area contributed by atoms with E-state index in [4.69, 9.17) is 0 Å². The molecule has 0 saturated carbocycles. The third kappa shape index (κ3) is 1.87. The van der Waals surface area contributed by atoms with E-state index >= 15 is 0 Å². The lowest BCUT2D eigenvalue weighted by Gasteiger charge is -2.39. The van der Waals surface area contributed by atoms with Gasteiger partial charge in [-0.2, -0.15) is 0 Å². The van der Waals surface area contributed by atoms with Crippen molar-refractivity contribution in [3.05, 3.63) is 23.8 Å². The summed E-state index contributed by atoms with van der Waals surface area (Å²) in [6, 6.07) is 6.97. The van der Waals surface area contributed by atoms with E-state index in [1.807, 2.05) is 12.1 Å². The number of nitrogens with zero attached hydrogens (tertiary/aromatic N) is 1. The molecule has 0 saturated heterocycles. The van der Waals surface area contributed by atoms with Gasteiger partial charge in [-0.05, 0) is 26.8 Å². The van der Waals surface area contributed by atoms with Crippen LogP contribution in [0.1, 0.15) is 26.3 Å². The molecule has 0 amide bonds. The number of aliphatic hydroxyl groups is 1. The first-order chi connectivity index (χ1) is 7.63. The summed E-state index contributed by atoms with van der Waals surface area (Å²) in [4.78, 5) is 2.36. The molecular weight excluding hydrogens is 200 g/mol. The number of hydrogen-bond acceptors (Lipinski definition) is 3. The van der Waals surface area contributed by atoms with Crippen LogP contribution in [-0.2, 0) is 6.61 Å². The normalized spacial score (nSPS) is 19.6. The lowest BCUT2D eigenvalue weighted by Crippen LogP contribution is -2.44. The minimum absolute atomic E-state index is 0.0997. The van der Waals surface area contributed by atoms with Crippen LogP contribution in [-0.4, -0.2) is 23.7 Å². The van der Waals surface area contributed by atoms with Gasteiger partial charge in [0, 0.05) is 24.2 Å². The molecular formula is C13H20N2O. The van der Waals surface area contributed by atoms with Crippen molar-refractivity contribution >= 4 is 11.4 Å². The Balaban J connectivity index is 2.49. The van der Waals surface area contributed by atoms with Gasteiger partial charge in [-0.15, -0.1) is 0 Å². The molecule has 0 aromatic heterocycles. The molecule has 3 nitrogen and oxygen atoms in total. The summed E-state index contributed by atoms with van der Waals surface area (Å²) in [5.74, 6) is 0. The van der Waals surface area contributed by atoms with Gasteiger partial charge in [-0.3, -0.25) is 0 Å². The zero-order valence-corrected chi connectivity index (χ0v) is 10.2. The molecule has 0 aliphatic carbocycles. The predicted molar refractivity (Wildman–Crippen MR) is 67.9 cm³/mol. The highest BCUT2D eigenvalue weighted by molar-refractivity contribution is 5.76. The standard InChI is InChI=1S/C13H20N2O/c1-9(2)15-7-10(3)14-12-6-4-5-11(8-16)13(12)15/h4-6,9-10,14,16H,7-8H2,1-3H3. The molecule has 0 spiro atoms. The SMILES string of the molecule is CC1CN(C(C)C)c2c(CO)cccc2N1. The summed E-state index contributed by atoms with van der Waals surface area (Å²) >= 11 is 0. The maximum Gasteiger partial charge on any atom is 0.0702 e. The second-order valence-electron chi connectivity index (χ2n) is 4.76. The average molecular weight is 220 g/mol. The van der Waals surface area contributed by atoms with Gasteiger partial charge in [0.2, 0.25) is 0 Å². The molecule has 2 N–H and O–H groups in total. The van der Waals surface area contributed by atoms with Crippen molar-refractivity contribution in [1.29, 1.82) is 0 Å². The van der Waals surface area contributed by atoms with Crippen molar-refractivity contribution in [3.8, 4) is 0 Å². The minimum Gasteiger partial charge on any atom is -0.392 e. The first kappa shape index (κ1) is 11.3. The van der Waals surface area contributed by atoms with Crippen LogP contribution in [0.25, 0.3) is 0 Å². The maximum atomic E-state index is 9.40. The van der Waals surface area contributed by atoms with Crippen LogP contribution >= 0.6 is 0 Å². The van der Waals surface area contributed by atoms with E-state index in [2.05, 4.69) is 37.1 Å². The molecule has 1 unspecified atom stereocenters. The number of aliphatic hydroxyl groups excluding tert-OH is 1. The molecule has 1 atom stereocenters. The second kappa shape index (κ2) is 4.34. The quantitative estimate of drug-likeness (QED) is 0.802. The number of para-hydroxylation sites is 1. The van der Waals surface area contributed by atoms with Gasteiger partial charge in [0.25, 0.3) is 0 Å². The van der Waals surface area contributed by atoms with E-state index < -0.39 is 0 Å². The van der Waals surface area contributed by atoms with Crippen molar-refractivity contribution in [2.75, 3.05) is 16.8 Å². The van der Waals surface area contributed by atoms with Crippen LogP contribution in [0, 0.1) is 0 Å². The van der Waals surface area contributed by atoms with E-state index in [1.165, 1.54) is 0 Å². The molecule has 1 heterocycles. The zero-order valence-electron chi connectivity index (χ0n) is 10.2. The molecule has 0 bridgehead atoms. The molecule has 0 radical (unpaired) electrons. The monoisotopic (exact) mass is 220 g/mol. The van der Waals surface area contributed by atoms with Gasteiger partial charge >= 0.3 is 0 Å². The van der Waals surface area contributed by atoms with E-state index in [-0.39, 0.29) is 6.61 Å². The van der Waals surface area contributed by atoms with Crippen LogP contribution in [0.4, 0.5) is 11.4 Å². The van der Waals surface area contributed by atoms with Crippen LogP contribution in [0.2, 0.25) is 0 Å². The number of rotatable bonds is 2. The predicted octanol–water partition coefficient (Wildman–Crippen LogP) is 2.21. The Bertz CT molecular complexity index is 376. The Labute approximate surface area is 97.1 Å². The third-order valence-corrected chi connectivity index (χ3v) is 3.07. The molecule has 1 aliphatic heterocycles. The summed E-state index contributed by atoms with van der Waals surface area (Å²) in [6.45, 7) is 7.65. The Hall–Kier alpha value is -1.22. The summed E-state index contributed by atoms with van der Waals surface area (Å²) in [6.07, 6.45) is 0. The lowest BCUT2D eigenvalue weighted by atomic mass is 10.0. The van der Waals surface area contributed by atoms with Gasteiger partial charge < -0.3 is 15.3 Å². The van der Waals surface area contributed by atoms with Gasteiger partial charge in [0.15, 0.2) is 0 Å². The van der Waals surface area contributed by atoms with Crippen LogP contribution in [0.3, 0.4) is 0 Å². The molecule has 0 fully saturated rings. The highest BCUT2D eigenvalue weighted by atomic mass is 16.3. The smallest absolute Gasteiger partial charge is 0.0702 e. The fourth-order valence-corrected chi connectivity index (χ4v) is 2.34. The fourth-order valence-electron chi connectivity index (χ4n) is 2.34. The molecule has 1 aliphatic rings. The van der Waals surface area contributed by atoms with E-state index in [0.29, 0.717) is 12.1 Å². The van der Waals surface area contributed by atoms with Crippen LogP contribution < -0.4 is 10.2 Å². The summed E-state index contributed by atoms with van der Waals surface area (Å²) < 4.78 is 0. The fraction of sp³-hybridized carbons (Fsp3) is 0.538. The van der Waals surface area contributed by atoms with Crippen LogP contribution in [0.15, 0.2) is 18.2 Å². The highest BCUT2D eigenvalue weighted by Crippen LogP contribution is 2.35. The Morgan fingerprint density at radius 1 is 1.50 bits per heavy atom. The van der Waals surface area contributed by atoms with E-state index in [1.54, 1.807) is 0 Å². The van der Waals surface area contributed by atoms with Gasteiger partial charge in [0.05, 0.1) is 18.0 Å². The molecule has 16 heavy (non-hydrogen) atoms. The summed E-state index contributed by atoms with van der Waals surface area (Å²) in [5, 5.41) is 12.9. The van der Waals surface area contributed by atoms with Crippen molar-refractivity contribution in [2.24, 2.45) is 0 Å². The van der Waals surface area contributed by atoms with Crippen molar-refractivity contribution in [1.82, 2.24) is 0 Å². The lowest BCUT2D eigenvalue weighted by molar-refractivity contribution is 0.281. The molecule has 1 aromatic rings. The Morgan fingerprint density at radius 2 is 2.25 bits per heavy atom. The second-order valence-corrected chi connectivity index (χ2v) is 4.76. The van der Waals surface area contributed by atoms with Gasteiger partial charge in [-0.25, -0.2) is 0 Å². The minimum atomic E-state index is 0.0997. The first-order valence-corrected chi connectivity index (χ1v) is 5.89. The number of benzene rings is 1. The number of nitrogens with one attached hydrogen (secondary N) is 1. The molecule has 3 heteroatoms. The van der Waals surface area contributed by atoms with E-state index in [0.717, 1.165) is 23.5 Å². The summed E-state index contributed by atoms with van der Waals surface area (Å²) in [7, 11) is 0. The topological polar surface area (TPSA) is 35.5 Å². The number of anilines is 2.